The van der Waals surface area contributed by atoms with E-state index in [2.05, 4.69) is 15.3 Å². The number of nitrogen functional groups attached to an aromatic ring is 1. The van der Waals surface area contributed by atoms with E-state index in [0.717, 1.165) is 12.3 Å². The van der Waals surface area contributed by atoms with Gasteiger partial charge in [-0.3, -0.25) is 4.79 Å². The molecule has 1 aromatic carbocycles. The van der Waals surface area contributed by atoms with Gasteiger partial charge >= 0.3 is 6.18 Å². The van der Waals surface area contributed by atoms with Crippen molar-refractivity contribution in [2.75, 3.05) is 11.1 Å². The number of nitrogens with two attached hydrogens (primary N) is 1. The van der Waals surface area contributed by atoms with E-state index < -0.39 is 17.6 Å². The Morgan fingerprint density at radius 3 is 2.52 bits per heavy atom. The van der Waals surface area contributed by atoms with E-state index in [1.165, 1.54) is 25.3 Å². The minimum Gasteiger partial charge on any atom is -0.382 e. The standard InChI is InChI=1S/C13H11F3N4O/c1-7-2-3-8(4-9(7)13(14,15)16)20-12(21)10-5-19-11(17)6-18-10/h2-6H,1H3,(H2,17,19)(H,20,21). The first-order valence-corrected chi connectivity index (χ1v) is 5.84. The number of hydrogen-bond donors (Lipinski definition) is 2. The summed E-state index contributed by atoms with van der Waals surface area (Å²) in [7, 11) is 0. The van der Waals surface area contributed by atoms with Crippen molar-refractivity contribution in [1.29, 1.82) is 0 Å². The Hall–Kier alpha value is -2.64. The molecule has 0 fully saturated rings. The van der Waals surface area contributed by atoms with Crippen molar-refractivity contribution in [1.82, 2.24) is 9.97 Å². The van der Waals surface area contributed by atoms with Gasteiger partial charge in [0.25, 0.3) is 5.91 Å². The van der Waals surface area contributed by atoms with Crippen molar-refractivity contribution < 1.29 is 18.0 Å². The molecule has 110 valence electrons. The summed E-state index contributed by atoms with van der Waals surface area (Å²) in [6.45, 7) is 1.35. The average molecular weight is 296 g/mol. The summed E-state index contributed by atoms with van der Waals surface area (Å²) in [6.07, 6.45) is -2.15. The highest BCUT2D eigenvalue weighted by atomic mass is 19.4. The van der Waals surface area contributed by atoms with E-state index in [0.29, 0.717) is 0 Å². The maximum atomic E-state index is 12.8. The van der Waals surface area contributed by atoms with Crippen LogP contribution in [0.2, 0.25) is 0 Å². The molecule has 0 saturated heterocycles. The van der Waals surface area contributed by atoms with Gasteiger partial charge in [-0.15, -0.1) is 0 Å². The molecule has 1 heterocycles. The van der Waals surface area contributed by atoms with Crippen molar-refractivity contribution in [3.63, 3.8) is 0 Å². The zero-order chi connectivity index (χ0) is 15.6. The fourth-order valence-corrected chi connectivity index (χ4v) is 1.66. The molecule has 0 aliphatic carbocycles. The lowest BCUT2D eigenvalue weighted by atomic mass is 10.1. The number of aryl methyl sites for hydroxylation is 1. The predicted molar refractivity (Wildman–Crippen MR) is 70.6 cm³/mol. The van der Waals surface area contributed by atoms with Gasteiger partial charge in [-0.25, -0.2) is 9.97 Å². The number of benzene rings is 1. The van der Waals surface area contributed by atoms with Crippen molar-refractivity contribution in [2.45, 2.75) is 13.1 Å². The Balaban J connectivity index is 2.24. The lowest BCUT2D eigenvalue weighted by molar-refractivity contribution is -0.138. The van der Waals surface area contributed by atoms with Crippen LogP contribution in [0.5, 0.6) is 0 Å². The van der Waals surface area contributed by atoms with Gasteiger partial charge in [0.15, 0.2) is 0 Å². The molecule has 0 radical (unpaired) electrons. The highest BCUT2D eigenvalue weighted by molar-refractivity contribution is 6.02. The van der Waals surface area contributed by atoms with Gasteiger partial charge in [0.05, 0.1) is 18.0 Å². The Morgan fingerprint density at radius 1 is 1.24 bits per heavy atom. The fraction of sp³-hybridized carbons (Fsp3) is 0.154. The van der Waals surface area contributed by atoms with Crippen LogP contribution in [0.1, 0.15) is 21.6 Å². The first-order valence-electron chi connectivity index (χ1n) is 5.84. The largest absolute Gasteiger partial charge is 0.416 e. The number of hydrogen-bond acceptors (Lipinski definition) is 4. The lowest BCUT2D eigenvalue weighted by Gasteiger charge is -2.12. The van der Waals surface area contributed by atoms with Gasteiger partial charge in [-0.1, -0.05) is 6.07 Å². The molecule has 0 spiro atoms. The third-order valence-corrected chi connectivity index (χ3v) is 2.71. The van der Waals surface area contributed by atoms with Crippen molar-refractivity contribution in [2.24, 2.45) is 0 Å². The van der Waals surface area contributed by atoms with Crippen LogP contribution >= 0.6 is 0 Å². The molecule has 8 heteroatoms. The van der Waals surface area contributed by atoms with E-state index in [1.54, 1.807) is 0 Å². The van der Waals surface area contributed by atoms with Gasteiger partial charge in [0, 0.05) is 5.69 Å². The van der Waals surface area contributed by atoms with Gasteiger partial charge in [-0.05, 0) is 24.6 Å². The smallest absolute Gasteiger partial charge is 0.382 e. The van der Waals surface area contributed by atoms with Crippen LogP contribution in [-0.2, 0) is 6.18 Å². The Bertz CT molecular complexity index is 668. The molecular weight excluding hydrogens is 285 g/mol. The number of carbonyl (C=O) groups is 1. The maximum Gasteiger partial charge on any atom is 0.416 e. The highest BCUT2D eigenvalue weighted by Crippen LogP contribution is 2.33. The van der Waals surface area contributed by atoms with Crippen LogP contribution < -0.4 is 11.1 Å². The monoisotopic (exact) mass is 296 g/mol. The number of amides is 1. The zero-order valence-electron chi connectivity index (χ0n) is 10.9. The molecule has 0 bridgehead atoms. The van der Waals surface area contributed by atoms with Crippen molar-refractivity contribution in [3.05, 3.63) is 47.4 Å². The number of halogens is 3. The second kappa shape index (κ2) is 5.39. The molecule has 0 saturated carbocycles. The van der Waals surface area contributed by atoms with Gasteiger partial charge < -0.3 is 11.1 Å². The second-order valence-electron chi connectivity index (χ2n) is 4.31. The summed E-state index contributed by atoms with van der Waals surface area (Å²) in [5, 5.41) is 2.34. The molecule has 2 rings (SSSR count). The molecule has 0 unspecified atom stereocenters. The van der Waals surface area contributed by atoms with E-state index in [-0.39, 0.29) is 22.8 Å². The molecule has 2 aromatic rings. The summed E-state index contributed by atoms with van der Waals surface area (Å²) in [6, 6.07) is 3.54. The molecule has 1 amide bonds. The first kappa shape index (κ1) is 14.8. The molecule has 0 aliphatic rings. The van der Waals surface area contributed by atoms with Gasteiger partial charge in [0.1, 0.15) is 11.5 Å². The van der Waals surface area contributed by atoms with Crippen LogP contribution in [0.3, 0.4) is 0 Å². The average Bonchev–Trinajstić information content (AvgIpc) is 2.40. The topological polar surface area (TPSA) is 80.9 Å². The molecular formula is C13H11F3N4O. The number of alkyl halides is 3. The highest BCUT2D eigenvalue weighted by Gasteiger charge is 2.32. The third-order valence-electron chi connectivity index (χ3n) is 2.71. The van der Waals surface area contributed by atoms with Gasteiger partial charge in [-0.2, -0.15) is 13.2 Å². The van der Waals surface area contributed by atoms with E-state index >= 15 is 0 Å². The van der Waals surface area contributed by atoms with Crippen LogP contribution in [0, 0.1) is 6.92 Å². The van der Waals surface area contributed by atoms with Crippen LogP contribution in [0.4, 0.5) is 24.7 Å². The summed E-state index contributed by atoms with van der Waals surface area (Å²) in [4.78, 5) is 19.3. The molecule has 3 N–H and O–H groups in total. The predicted octanol–water partition coefficient (Wildman–Crippen LogP) is 2.64. The number of aromatic nitrogens is 2. The summed E-state index contributed by atoms with van der Waals surface area (Å²) in [5.74, 6) is -0.527. The van der Waals surface area contributed by atoms with Crippen molar-refractivity contribution >= 4 is 17.4 Å². The van der Waals surface area contributed by atoms with Crippen molar-refractivity contribution in [3.8, 4) is 0 Å². The van der Waals surface area contributed by atoms with E-state index in [4.69, 9.17) is 5.73 Å². The molecule has 1 aromatic heterocycles. The number of carbonyl (C=O) groups excluding carboxylic acids is 1. The fourth-order valence-electron chi connectivity index (χ4n) is 1.66. The SMILES string of the molecule is Cc1ccc(NC(=O)c2cnc(N)cn2)cc1C(F)(F)F. The Labute approximate surface area is 118 Å². The van der Waals surface area contributed by atoms with Crippen LogP contribution in [0.15, 0.2) is 30.6 Å². The quantitative estimate of drug-likeness (QED) is 0.892. The number of anilines is 2. The van der Waals surface area contributed by atoms with Gasteiger partial charge in [0.2, 0.25) is 0 Å². The van der Waals surface area contributed by atoms with Crippen LogP contribution in [-0.4, -0.2) is 15.9 Å². The van der Waals surface area contributed by atoms with E-state index in [1.807, 2.05) is 0 Å². The Morgan fingerprint density at radius 2 is 1.95 bits per heavy atom. The molecule has 0 atom stereocenters. The van der Waals surface area contributed by atoms with Crippen LogP contribution in [0.25, 0.3) is 0 Å². The minimum absolute atomic E-state index is 0.0246. The summed E-state index contributed by atoms with van der Waals surface area (Å²) < 4.78 is 38.4. The number of nitrogens with zero attached hydrogens (tertiary/aromatic N) is 2. The number of nitrogens with one attached hydrogen (secondary N) is 1. The maximum absolute atomic E-state index is 12.8. The molecule has 5 nitrogen and oxygen atoms in total. The second-order valence-corrected chi connectivity index (χ2v) is 4.31. The summed E-state index contributed by atoms with van der Waals surface area (Å²) in [5.41, 5.74) is 4.59. The summed E-state index contributed by atoms with van der Waals surface area (Å²) >= 11 is 0. The van der Waals surface area contributed by atoms with E-state index in [9.17, 15) is 18.0 Å². The minimum atomic E-state index is -4.48. The third kappa shape index (κ3) is 3.47. The first-order chi connectivity index (χ1) is 9.77. The lowest BCUT2D eigenvalue weighted by Crippen LogP contribution is -2.15. The normalized spacial score (nSPS) is 11.2. The Kier molecular flexibility index (Phi) is 3.79. The molecule has 0 aliphatic heterocycles. The zero-order valence-corrected chi connectivity index (χ0v) is 10.9. The molecule has 21 heavy (non-hydrogen) atoms. The number of rotatable bonds is 2.